The zero-order valence-electron chi connectivity index (χ0n) is 26.2. The Morgan fingerprint density at radius 3 is 1.68 bits per heavy atom. The number of carbonyl (C=O) groups is 4. The number of hydrogen-bond donors (Lipinski definition) is 7. The van der Waals surface area contributed by atoms with Gasteiger partial charge in [0.15, 0.2) is 0 Å². The molecule has 0 spiro atoms. The van der Waals surface area contributed by atoms with E-state index in [0.717, 1.165) is 61.7 Å². The van der Waals surface area contributed by atoms with Crippen LogP contribution in [-0.4, -0.2) is 67.7 Å². The predicted octanol–water partition coefficient (Wildman–Crippen LogP) is 3.09. The monoisotopic (exact) mass is 608 g/mol. The van der Waals surface area contributed by atoms with Crippen molar-refractivity contribution in [2.24, 2.45) is 0 Å². The van der Waals surface area contributed by atoms with Crippen molar-refractivity contribution in [3.05, 3.63) is 67.3 Å². The lowest BCUT2D eigenvalue weighted by atomic mass is 9.95. The molecule has 2 aromatic heterocycles. The fourth-order valence-corrected chi connectivity index (χ4v) is 6.76. The topological polar surface area (TPSA) is 185 Å². The average molecular weight is 609 g/mol. The molecule has 44 heavy (non-hydrogen) atoms. The normalized spacial score (nSPS) is 18.4. The van der Waals surface area contributed by atoms with E-state index in [2.05, 4.69) is 20.6 Å². The van der Waals surface area contributed by atoms with E-state index in [4.69, 9.17) is 0 Å². The van der Waals surface area contributed by atoms with E-state index in [1.807, 2.05) is 27.7 Å². The van der Waals surface area contributed by atoms with Gasteiger partial charge in [-0.05, 0) is 86.8 Å². The Morgan fingerprint density at radius 1 is 0.727 bits per heavy atom. The Kier molecular flexibility index (Phi) is 10.2. The molecular formula is C33H44N4O7. The molecule has 11 nitrogen and oxygen atoms in total. The van der Waals surface area contributed by atoms with Crippen LogP contribution in [0.4, 0.5) is 0 Å². The van der Waals surface area contributed by atoms with Crippen LogP contribution in [0.25, 0.3) is 0 Å². The van der Waals surface area contributed by atoms with E-state index in [1.54, 1.807) is 6.92 Å². The molecule has 0 saturated carbocycles. The second kappa shape index (κ2) is 13.7. The van der Waals surface area contributed by atoms with E-state index < -0.39 is 11.9 Å². The number of H-pyrrole nitrogens is 2. The summed E-state index contributed by atoms with van der Waals surface area (Å²) in [6.07, 6.45) is 3.04. The third-order valence-electron chi connectivity index (χ3n) is 9.35. The van der Waals surface area contributed by atoms with Crippen molar-refractivity contribution < 1.29 is 34.5 Å². The van der Waals surface area contributed by atoms with Crippen LogP contribution in [0.1, 0.15) is 91.5 Å². The molecule has 2 amide bonds. The van der Waals surface area contributed by atoms with Gasteiger partial charge in [0.2, 0.25) is 11.8 Å². The Hall–Kier alpha value is -4.12. The van der Waals surface area contributed by atoms with Crippen LogP contribution in [0.2, 0.25) is 0 Å². The number of hydrogen-bond acceptors (Lipinski definition) is 5. The van der Waals surface area contributed by atoms with E-state index in [-0.39, 0.29) is 43.3 Å². The van der Waals surface area contributed by atoms with Crippen molar-refractivity contribution in [2.75, 3.05) is 6.61 Å². The fraction of sp³-hybridized carbons (Fsp3) is 0.515. The second-order valence-electron chi connectivity index (χ2n) is 11.9. The smallest absolute Gasteiger partial charge is 0.303 e. The number of rotatable bonds is 15. The standard InChI is InChI=1S/C33H44N4O7/c1-6-20-16(2)26(36-33(20)44)13-24-17(3)21(7-9-30(39)40)27(34-24)15-28-22(8-10-31(41)42)18(4)25(35-28)14-29-23(11-12-38)19(5)32(43)37-29/h26,29,34-35,38H,6-15H2,1-5H3,(H,36,44)(H,37,43)(H,39,40)(H,41,42)/t26-,29+/m1/s1. The van der Waals surface area contributed by atoms with Crippen molar-refractivity contribution in [3.63, 3.8) is 0 Å². The third-order valence-corrected chi connectivity index (χ3v) is 9.35. The van der Waals surface area contributed by atoms with Gasteiger partial charge in [-0.1, -0.05) is 6.92 Å². The molecule has 2 aliphatic heterocycles. The lowest BCUT2D eigenvalue weighted by Gasteiger charge is -2.15. The summed E-state index contributed by atoms with van der Waals surface area (Å²) >= 11 is 0. The van der Waals surface area contributed by atoms with E-state index in [1.165, 1.54) is 0 Å². The van der Waals surface area contributed by atoms with Crippen molar-refractivity contribution in [3.8, 4) is 0 Å². The number of aliphatic hydroxyl groups excluding tert-OH is 1. The number of aliphatic carboxylic acids is 2. The van der Waals surface area contributed by atoms with Crippen LogP contribution in [0.3, 0.4) is 0 Å². The molecule has 4 heterocycles. The molecule has 7 N–H and O–H groups in total. The highest BCUT2D eigenvalue weighted by Gasteiger charge is 2.31. The van der Waals surface area contributed by atoms with Crippen molar-refractivity contribution in [1.82, 2.24) is 20.6 Å². The SMILES string of the molecule is CCC1=C(C)[C@@H](Cc2[nH]c(Cc3[nH]c(C[C@@H]4NC(=O)C(C)=C4CCO)c(C)c3CCC(=O)O)c(CCC(=O)O)c2C)NC1=O. The molecular weight excluding hydrogens is 564 g/mol. The van der Waals surface area contributed by atoms with Gasteiger partial charge >= 0.3 is 11.9 Å². The Morgan fingerprint density at radius 2 is 1.23 bits per heavy atom. The van der Waals surface area contributed by atoms with Crippen LogP contribution >= 0.6 is 0 Å². The van der Waals surface area contributed by atoms with Gasteiger partial charge in [0.1, 0.15) is 0 Å². The molecule has 0 radical (unpaired) electrons. The minimum absolute atomic E-state index is 0.0359. The molecule has 0 saturated heterocycles. The van der Waals surface area contributed by atoms with Gasteiger partial charge in [-0.3, -0.25) is 19.2 Å². The molecule has 11 heteroatoms. The molecule has 0 bridgehead atoms. The van der Waals surface area contributed by atoms with Gasteiger partial charge in [0, 0.05) is 72.6 Å². The van der Waals surface area contributed by atoms with Gasteiger partial charge in [-0.2, -0.15) is 0 Å². The van der Waals surface area contributed by atoms with Gasteiger partial charge in [0.05, 0.1) is 12.1 Å². The number of carbonyl (C=O) groups excluding carboxylic acids is 2. The number of carboxylic acid groups (broad SMARTS) is 2. The van der Waals surface area contributed by atoms with Crippen molar-refractivity contribution in [1.29, 1.82) is 0 Å². The molecule has 2 aromatic rings. The maximum Gasteiger partial charge on any atom is 0.303 e. The highest BCUT2D eigenvalue weighted by molar-refractivity contribution is 5.97. The van der Waals surface area contributed by atoms with Crippen LogP contribution < -0.4 is 10.6 Å². The van der Waals surface area contributed by atoms with E-state index in [0.29, 0.717) is 50.5 Å². The first-order chi connectivity index (χ1) is 20.9. The summed E-state index contributed by atoms with van der Waals surface area (Å²) < 4.78 is 0. The van der Waals surface area contributed by atoms with Gasteiger partial charge in [-0.15, -0.1) is 0 Å². The quantitative estimate of drug-likeness (QED) is 0.162. The first kappa shape index (κ1) is 32.8. The molecule has 0 aromatic carbocycles. The highest BCUT2D eigenvalue weighted by Crippen LogP contribution is 2.31. The van der Waals surface area contributed by atoms with Crippen molar-refractivity contribution >= 4 is 23.8 Å². The van der Waals surface area contributed by atoms with Crippen LogP contribution in [0, 0.1) is 13.8 Å². The number of nitrogens with one attached hydrogen (secondary N) is 4. The molecule has 0 fully saturated rings. The second-order valence-corrected chi connectivity index (χ2v) is 11.9. The summed E-state index contributed by atoms with van der Waals surface area (Å²) in [5.41, 5.74) is 10.5. The van der Waals surface area contributed by atoms with Crippen LogP contribution in [0.5, 0.6) is 0 Å². The summed E-state index contributed by atoms with van der Waals surface area (Å²) in [6, 6.07) is -0.421. The maximum absolute atomic E-state index is 12.5. The first-order valence-electron chi connectivity index (χ1n) is 15.3. The number of aromatic amines is 2. The van der Waals surface area contributed by atoms with E-state index in [9.17, 15) is 34.5 Å². The number of carboxylic acids is 2. The predicted molar refractivity (Wildman–Crippen MR) is 164 cm³/mol. The molecule has 0 unspecified atom stereocenters. The van der Waals surface area contributed by atoms with Gasteiger partial charge < -0.3 is 35.9 Å². The largest absolute Gasteiger partial charge is 0.481 e. The number of amides is 2. The lowest BCUT2D eigenvalue weighted by molar-refractivity contribution is -0.138. The summed E-state index contributed by atoms with van der Waals surface area (Å²) in [5, 5.41) is 34.6. The van der Waals surface area contributed by atoms with Crippen LogP contribution in [-0.2, 0) is 51.3 Å². The zero-order chi connectivity index (χ0) is 32.3. The highest BCUT2D eigenvalue weighted by atomic mass is 16.4. The Bertz CT molecular complexity index is 1540. The minimum atomic E-state index is -0.904. The minimum Gasteiger partial charge on any atom is -0.481 e. The van der Waals surface area contributed by atoms with Crippen LogP contribution in [0.15, 0.2) is 22.3 Å². The lowest BCUT2D eigenvalue weighted by Crippen LogP contribution is -2.31. The zero-order valence-corrected chi connectivity index (χ0v) is 26.2. The first-order valence-corrected chi connectivity index (χ1v) is 15.3. The summed E-state index contributed by atoms with van der Waals surface area (Å²) in [7, 11) is 0. The molecule has 4 rings (SSSR count). The maximum atomic E-state index is 12.5. The Balaban J connectivity index is 1.70. The molecule has 2 atom stereocenters. The average Bonchev–Trinajstić information content (AvgIpc) is 3.60. The summed E-state index contributed by atoms with van der Waals surface area (Å²) in [6.45, 7) is 9.55. The summed E-state index contributed by atoms with van der Waals surface area (Å²) in [4.78, 5) is 55.1. The van der Waals surface area contributed by atoms with Gasteiger partial charge in [-0.25, -0.2) is 0 Å². The molecule has 2 aliphatic rings. The number of aliphatic hydroxyl groups is 1. The van der Waals surface area contributed by atoms with Gasteiger partial charge in [0.25, 0.3) is 0 Å². The third kappa shape index (κ3) is 6.83. The molecule has 0 aliphatic carbocycles. The Labute approximate surface area is 257 Å². The van der Waals surface area contributed by atoms with Crippen molar-refractivity contribution in [2.45, 2.75) is 104 Å². The number of aromatic nitrogens is 2. The summed E-state index contributed by atoms with van der Waals surface area (Å²) in [5.74, 6) is -2.00. The fourth-order valence-electron chi connectivity index (χ4n) is 6.76. The molecule has 238 valence electrons. The van der Waals surface area contributed by atoms with E-state index >= 15 is 0 Å².